The van der Waals surface area contributed by atoms with E-state index in [4.69, 9.17) is 5.11 Å². The number of aliphatic carboxylic acids is 1. The average Bonchev–Trinajstić information content (AvgIpc) is 3.12. The molecule has 1 saturated heterocycles. The predicted molar refractivity (Wildman–Crippen MR) is 99.3 cm³/mol. The number of anilines is 1. The highest BCUT2D eigenvalue weighted by molar-refractivity contribution is 5.95. The van der Waals surface area contributed by atoms with E-state index in [1.807, 2.05) is 18.7 Å². The smallest absolute Gasteiger partial charge is 0.321 e. The van der Waals surface area contributed by atoms with E-state index < -0.39 is 11.9 Å². The van der Waals surface area contributed by atoms with Crippen LogP contribution in [0.3, 0.4) is 0 Å². The molecule has 0 radical (unpaired) electrons. The fraction of sp³-hybridized carbons (Fsp3) is 0.526. The summed E-state index contributed by atoms with van der Waals surface area (Å²) < 4.78 is 0. The summed E-state index contributed by atoms with van der Waals surface area (Å²) >= 11 is 0. The first-order valence-electron chi connectivity index (χ1n) is 9.14. The SMILES string of the molecule is CCCN(CCC)C(=O)c1ccc(NC(=O)N2CCC(C(=O)O)C2)cc1. The van der Waals surface area contributed by atoms with Crippen molar-refractivity contribution >= 4 is 23.6 Å². The second-order valence-electron chi connectivity index (χ2n) is 6.57. The quantitative estimate of drug-likeness (QED) is 0.781. The maximum Gasteiger partial charge on any atom is 0.321 e. The summed E-state index contributed by atoms with van der Waals surface area (Å²) in [6, 6.07) is 6.50. The number of hydrogen-bond acceptors (Lipinski definition) is 3. The monoisotopic (exact) mass is 361 g/mol. The number of carbonyl (C=O) groups is 3. The number of nitrogens with one attached hydrogen (secondary N) is 1. The highest BCUT2D eigenvalue weighted by atomic mass is 16.4. The van der Waals surface area contributed by atoms with E-state index >= 15 is 0 Å². The highest BCUT2D eigenvalue weighted by Gasteiger charge is 2.30. The minimum Gasteiger partial charge on any atom is -0.481 e. The topological polar surface area (TPSA) is 90.0 Å². The van der Waals surface area contributed by atoms with Gasteiger partial charge in [-0.25, -0.2) is 4.79 Å². The minimum absolute atomic E-state index is 0.00424. The Balaban J connectivity index is 1.95. The number of likely N-dealkylation sites (tertiary alicyclic amines) is 1. The Bertz CT molecular complexity index is 639. The van der Waals surface area contributed by atoms with Crippen molar-refractivity contribution in [3.8, 4) is 0 Å². The molecule has 0 aromatic heterocycles. The Labute approximate surface area is 154 Å². The largest absolute Gasteiger partial charge is 0.481 e. The van der Waals surface area contributed by atoms with Crippen LogP contribution in [0.15, 0.2) is 24.3 Å². The standard InChI is InChI=1S/C19H27N3O4/c1-3-10-21(11-4-2)17(23)14-5-7-16(8-6-14)20-19(26)22-12-9-15(13-22)18(24)25/h5-8,15H,3-4,9-13H2,1-2H3,(H,20,26)(H,24,25). The molecule has 0 spiro atoms. The molecule has 2 N–H and O–H groups in total. The van der Waals surface area contributed by atoms with Gasteiger partial charge >= 0.3 is 12.0 Å². The molecule has 0 saturated carbocycles. The summed E-state index contributed by atoms with van der Waals surface area (Å²) in [4.78, 5) is 39.1. The van der Waals surface area contributed by atoms with Crippen molar-refractivity contribution < 1.29 is 19.5 Å². The van der Waals surface area contributed by atoms with Crippen LogP contribution in [-0.2, 0) is 4.79 Å². The zero-order chi connectivity index (χ0) is 19.1. The number of carboxylic acid groups (broad SMARTS) is 1. The predicted octanol–water partition coefficient (Wildman–Crippen LogP) is 2.89. The number of rotatable bonds is 7. The third kappa shape index (κ3) is 4.97. The van der Waals surface area contributed by atoms with E-state index in [1.54, 1.807) is 24.3 Å². The summed E-state index contributed by atoms with van der Waals surface area (Å²) in [5.74, 6) is -1.37. The van der Waals surface area contributed by atoms with Gasteiger partial charge in [0.15, 0.2) is 0 Å². The van der Waals surface area contributed by atoms with Crippen LogP contribution in [0.1, 0.15) is 43.5 Å². The van der Waals surface area contributed by atoms with Gasteiger partial charge in [0.2, 0.25) is 0 Å². The van der Waals surface area contributed by atoms with Crippen LogP contribution in [0.5, 0.6) is 0 Å². The first kappa shape index (κ1) is 19.8. The molecule has 1 aromatic carbocycles. The Morgan fingerprint density at radius 2 is 1.77 bits per heavy atom. The van der Waals surface area contributed by atoms with Crippen molar-refractivity contribution in [2.75, 3.05) is 31.5 Å². The maximum atomic E-state index is 12.5. The van der Waals surface area contributed by atoms with Gasteiger partial charge in [-0.05, 0) is 43.5 Å². The summed E-state index contributed by atoms with van der Waals surface area (Å²) in [5, 5.41) is 11.8. The lowest BCUT2D eigenvalue weighted by Crippen LogP contribution is -2.34. The lowest BCUT2D eigenvalue weighted by atomic mass is 10.1. The molecular weight excluding hydrogens is 334 g/mol. The summed E-state index contributed by atoms with van der Waals surface area (Å²) in [6.07, 6.45) is 2.29. The second-order valence-corrected chi connectivity index (χ2v) is 6.57. The zero-order valence-corrected chi connectivity index (χ0v) is 15.4. The third-order valence-electron chi connectivity index (χ3n) is 4.48. The van der Waals surface area contributed by atoms with E-state index in [1.165, 1.54) is 4.90 Å². The molecule has 7 heteroatoms. The van der Waals surface area contributed by atoms with E-state index in [9.17, 15) is 14.4 Å². The number of urea groups is 1. The van der Waals surface area contributed by atoms with E-state index in [-0.39, 0.29) is 18.5 Å². The number of hydrogen-bond donors (Lipinski definition) is 2. The van der Waals surface area contributed by atoms with E-state index in [0.717, 1.165) is 25.9 Å². The normalized spacial score (nSPS) is 16.4. The molecule has 2 rings (SSSR count). The Kier molecular flexibility index (Phi) is 7.00. The van der Waals surface area contributed by atoms with Gasteiger partial charge in [0.05, 0.1) is 5.92 Å². The van der Waals surface area contributed by atoms with Gasteiger partial charge in [-0.15, -0.1) is 0 Å². The molecule has 1 aliphatic heterocycles. The molecule has 1 aliphatic rings. The lowest BCUT2D eigenvalue weighted by molar-refractivity contribution is -0.141. The molecule has 1 aromatic rings. The van der Waals surface area contributed by atoms with E-state index in [2.05, 4.69) is 5.32 Å². The second kappa shape index (κ2) is 9.22. The van der Waals surface area contributed by atoms with Crippen LogP contribution in [0.2, 0.25) is 0 Å². The van der Waals surface area contributed by atoms with Crippen LogP contribution in [0.25, 0.3) is 0 Å². The molecule has 0 bridgehead atoms. The van der Waals surface area contributed by atoms with Crippen molar-refractivity contribution in [2.45, 2.75) is 33.1 Å². The van der Waals surface area contributed by atoms with Gasteiger partial charge < -0.3 is 20.2 Å². The van der Waals surface area contributed by atoms with Crippen molar-refractivity contribution in [1.29, 1.82) is 0 Å². The Hall–Kier alpha value is -2.57. The lowest BCUT2D eigenvalue weighted by Gasteiger charge is -2.21. The molecule has 0 aliphatic carbocycles. The molecule has 7 nitrogen and oxygen atoms in total. The minimum atomic E-state index is -0.869. The molecule has 1 unspecified atom stereocenters. The van der Waals surface area contributed by atoms with Gasteiger partial charge in [-0.1, -0.05) is 13.8 Å². The Morgan fingerprint density at radius 1 is 1.15 bits per heavy atom. The maximum absolute atomic E-state index is 12.5. The van der Waals surface area contributed by atoms with Gasteiger partial charge in [0.1, 0.15) is 0 Å². The van der Waals surface area contributed by atoms with Crippen molar-refractivity contribution in [2.24, 2.45) is 5.92 Å². The summed E-state index contributed by atoms with van der Waals surface area (Å²) in [7, 11) is 0. The first-order chi connectivity index (χ1) is 12.5. The molecular formula is C19H27N3O4. The molecule has 1 atom stereocenters. The van der Waals surface area contributed by atoms with Crippen LogP contribution in [0.4, 0.5) is 10.5 Å². The fourth-order valence-corrected chi connectivity index (χ4v) is 3.08. The van der Waals surface area contributed by atoms with Gasteiger partial charge in [-0.3, -0.25) is 9.59 Å². The number of carboxylic acids is 1. The van der Waals surface area contributed by atoms with Crippen molar-refractivity contribution in [1.82, 2.24) is 9.80 Å². The van der Waals surface area contributed by atoms with Crippen molar-refractivity contribution in [3.63, 3.8) is 0 Å². The van der Waals surface area contributed by atoms with Crippen molar-refractivity contribution in [3.05, 3.63) is 29.8 Å². The fourth-order valence-electron chi connectivity index (χ4n) is 3.08. The van der Waals surface area contributed by atoms with Crippen LogP contribution in [-0.4, -0.2) is 59.0 Å². The number of amides is 3. The van der Waals surface area contributed by atoms with Crippen LogP contribution >= 0.6 is 0 Å². The average molecular weight is 361 g/mol. The number of nitrogens with zero attached hydrogens (tertiary/aromatic N) is 2. The highest BCUT2D eigenvalue weighted by Crippen LogP contribution is 2.18. The molecule has 1 heterocycles. The number of carbonyl (C=O) groups excluding carboxylic acids is 2. The molecule has 26 heavy (non-hydrogen) atoms. The Morgan fingerprint density at radius 3 is 2.27 bits per heavy atom. The molecule has 3 amide bonds. The summed E-state index contributed by atoms with van der Waals surface area (Å²) in [6.45, 7) is 6.20. The first-order valence-corrected chi connectivity index (χ1v) is 9.14. The van der Waals surface area contributed by atoms with Crippen LogP contribution < -0.4 is 5.32 Å². The van der Waals surface area contributed by atoms with Gasteiger partial charge in [-0.2, -0.15) is 0 Å². The molecule has 1 fully saturated rings. The molecule has 142 valence electrons. The third-order valence-corrected chi connectivity index (χ3v) is 4.48. The van der Waals surface area contributed by atoms with E-state index in [0.29, 0.717) is 24.2 Å². The zero-order valence-electron chi connectivity index (χ0n) is 15.4. The van der Waals surface area contributed by atoms with Crippen LogP contribution in [0, 0.1) is 5.92 Å². The summed E-state index contributed by atoms with van der Waals surface area (Å²) in [5.41, 5.74) is 1.18. The number of benzene rings is 1. The van der Waals surface area contributed by atoms with Gasteiger partial charge in [0.25, 0.3) is 5.91 Å². The van der Waals surface area contributed by atoms with Gasteiger partial charge in [0, 0.05) is 37.4 Å².